The summed E-state index contributed by atoms with van der Waals surface area (Å²) in [5, 5.41) is 0. The van der Waals surface area contributed by atoms with Crippen LogP contribution in [-0.4, -0.2) is 63.4 Å². The number of unbranched alkanes of at least 4 members (excludes halogenated alkanes) is 19. The van der Waals surface area contributed by atoms with Gasteiger partial charge in [-0.15, -0.1) is 0 Å². The van der Waals surface area contributed by atoms with Gasteiger partial charge in [-0.1, -0.05) is 169 Å². The minimum atomic E-state index is 0.0260. The second-order valence-corrected chi connectivity index (χ2v) is 17.4. The Hall–Kier alpha value is -1.14. The van der Waals surface area contributed by atoms with E-state index in [1.165, 1.54) is 173 Å². The fourth-order valence-corrected chi connectivity index (χ4v) is 7.84. The highest BCUT2D eigenvalue weighted by Gasteiger charge is 2.16. The molecular formula is C49H97NO5. The second-order valence-electron chi connectivity index (χ2n) is 17.4. The van der Waals surface area contributed by atoms with E-state index >= 15 is 0 Å². The molecule has 0 aromatic heterocycles. The van der Waals surface area contributed by atoms with Gasteiger partial charge in [-0.2, -0.15) is 0 Å². The third-order valence-corrected chi connectivity index (χ3v) is 11.5. The summed E-state index contributed by atoms with van der Waals surface area (Å²) in [7, 11) is 4.29. The van der Waals surface area contributed by atoms with Crippen LogP contribution in [-0.2, 0) is 23.8 Å². The molecule has 0 aliphatic carbocycles. The van der Waals surface area contributed by atoms with Crippen molar-refractivity contribution in [1.82, 2.24) is 4.90 Å². The molecule has 0 unspecified atom stereocenters. The van der Waals surface area contributed by atoms with Crippen molar-refractivity contribution in [3.05, 3.63) is 0 Å². The maximum absolute atomic E-state index is 12.5. The zero-order valence-electron chi connectivity index (χ0n) is 38.1. The minimum absolute atomic E-state index is 0.0260. The lowest BCUT2D eigenvalue weighted by molar-refractivity contribution is -0.146. The first kappa shape index (κ1) is 53.9. The van der Waals surface area contributed by atoms with E-state index in [9.17, 15) is 9.59 Å². The number of rotatable bonds is 44. The Kier molecular flexibility index (Phi) is 41.6. The fourth-order valence-electron chi connectivity index (χ4n) is 7.84. The van der Waals surface area contributed by atoms with Crippen molar-refractivity contribution in [1.29, 1.82) is 0 Å². The topological polar surface area (TPSA) is 65.1 Å². The molecule has 0 saturated carbocycles. The first-order valence-electron chi connectivity index (χ1n) is 24.4. The summed E-state index contributed by atoms with van der Waals surface area (Å²) in [5.74, 6) is 1.07. The van der Waals surface area contributed by atoms with E-state index in [0.717, 1.165) is 45.3 Å². The molecule has 0 aromatic rings. The van der Waals surface area contributed by atoms with Crippen molar-refractivity contribution in [2.75, 3.05) is 40.5 Å². The van der Waals surface area contributed by atoms with Gasteiger partial charge < -0.3 is 19.1 Å². The standard InChI is InChI=1S/C49H97NO5/c1-7-11-23-33-45(34-24-12-8-2)43-48(51)54-41-30-21-17-15-19-27-37-47(53-40-32-29-39-50(5)6)38-28-20-16-18-22-31-42-55-49(52)44-46(35-25-13-9-3)36-26-14-10-4/h45-47H,7-44H2,1-6H3. The van der Waals surface area contributed by atoms with E-state index in [1.54, 1.807) is 0 Å². The monoisotopic (exact) mass is 780 g/mol. The quantitative estimate of drug-likeness (QED) is 0.0453. The van der Waals surface area contributed by atoms with Gasteiger partial charge >= 0.3 is 11.9 Å². The number of hydrogen-bond acceptors (Lipinski definition) is 6. The van der Waals surface area contributed by atoms with E-state index in [4.69, 9.17) is 14.2 Å². The summed E-state index contributed by atoms with van der Waals surface area (Å²) in [6.45, 7) is 12.2. The van der Waals surface area contributed by atoms with Gasteiger partial charge in [-0.05, 0) is 96.7 Å². The van der Waals surface area contributed by atoms with E-state index in [2.05, 4.69) is 46.7 Å². The fraction of sp³-hybridized carbons (Fsp3) is 0.959. The van der Waals surface area contributed by atoms with E-state index in [1.807, 2.05) is 0 Å². The Balaban J connectivity index is 4.20. The molecule has 0 radical (unpaired) electrons. The van der Waals surface area contributed by atoms with Crippen LogP contribution in [0.3, 0.4) is 0 Å². The highest BCUT2D eigenvalue weighted by molar-refractivity contribution is 5.70. The predicted octanol–water partition coefficient (Wildman–Crippen LogP) is 14.6. The molecular weight excluding hydrogens is 683 g/mol. The van der Waals surface area contributed by atoms with Crippen molar-refractivity contribution < 1.29 is 23.8 Å². The molecule has 0 amide bonds. The van der Waals surface area contributed by atoms with Crippen LogP contribution in [0.1, 0.15) is 246 Å². The zero-order valence-corrected chi connectivity index (χ0v) is 38.1. The molecule has 328 valence electrons. The van der Waals surface area contributed by atoms with Gasteiger partial charge in [-0.25, -0.2) is 0 Å². The number of carbonyl (C=O) groups excluding carboxylic acids is 2. The van der Waals surface area contributed by atoms with Crippen molar-refractivity contribution >= 4 is 11.9 Å². The lowest BCUT2D eigenvalue weighted by Crippen LogP contribution is -2.16. The molecule has 6 heteroatoms. The van der Waals surface area contributed by atoms with Gasteiger partial charge in [0.2, 0.25) is 0 Å². The van der Waals surface area contributed by atoms with E-state index in [-0.39, 0.29) is 11.9 Å². The van der Waals surface area contributed by atoms with Crippen LogP contribution in [0.2, 0.25) is 0 Å². The van der Waals surface area contributed by atoms with Crippen molar-refractivity contribution in [3.8, 4) is 0 Å². The molecule has 0 aliphatic heterocycles. The van der Waals surface area contributed by atoms with Crippen LogP contribution in [0.4, 0.5) is 0 Å². The lowest BCUT2D eigenvalue weighted by Gasteiger charge is -2.18. The predicted molar refractivity (Wildman–Crippen MR) is 237 cm³/mol. The van der Waals surface area contributed by atoms with Crippen LogP contribution in [0.25, 0.3) is 0 Å². The zero-order chi connectivity index (χ0) is 40.5. The molecule has 0 N–H and O–H groups in total. The van der Waals surface area contributed by atoms with Crippen LogP contribution in [0.5, 0.6) is 0 Å². The number of nitrogens with zero attached hydrogens (tertiary/aromatic N) is 1. The normalized spacial score (nSPS) is 11.8. The van der Waals surface area contributed by atoms with Crippen molar-refractivity contribution in [2.45, 2.75) is 252 Å². The molecule has 0 spiro atoms. The Morgan fingerprint density at radius 2 is 0.727 bits per heavy atom. The van der Waals surface area contributed by atoms with Gasteiger partial charge in [-0.3, -0.25) is 9.59 Å². The van der Waals surface area contributed by atoms with Gasteiger partial charge in [0.1, 0.15) is 0 Å². The summed E-state index contributed by atoms with van der Waals surface area (Å²) in [4.78, 5) is 27.3. The number of hydrogen-bond donors (Lipinski definition) is 0. The molecule has 55 heavy (non-hydrogen) atoms. The summed E-state index contributed by atoms with van der Waals surface area (Å²) in [5.41, 5.74) is 0. The van der Waals surface area contributed by atoms with Crippen molar-refractivity contribution in [3.63, 3.8) is 0 Å². The summed E-state index contributed by atoms with van der Waals surface area (Å²) >= 11 is 0. The number of ether oxygens (including phenoxy) is 3. The molecule has 0 atom stereocenters. The molecule has 0 saturated heterocycles. The third kappa shape index (κ3) is 39.5. The Morgan fingerprint density at radius 3 is 1.09 bits per heavy atom. The van der Waals surface area contributed by atoms with Crippen LogP contribution in [0, 0.1) is 11.8 Å². The molecule has 0 aliphatic rings. The third-order valence-electron chi connectivity index (χ3n) is 11.5. The Labute approximate surface area is 344 Å². The lowest BCUT2D eigenvalue weighted by atomic mass is 9.92. The molecule has 0 aromatic carbocycles. The second kappa shape index (κ2) is 42.5. The largest absolute Gasteiger partial charge is 0.466 e. The number of esters is 2. The maximum Gasteiger partial charge on any atom is 0.306 e. The molecule has 0 rings (SSSR count). The minimum Gasteiger partial charge on any atom is -0.466 e. The highest BCUT2D eigenvalue weighted by atomic mass is 16.5. The van der Waals surface area contributed by atoms with E-state index in [0.29, 0.717) is 44.0 Å². The van der Waals surface area contributed by atoms with Gasteiger partial charge in [0.15, 0.2) is 0 Å². The summed E-state index contributed by atoms with van der Waals surface area (Å²) in [6, 6.07) is 0. The summed E-state index contributed by atoms with van der Waals surface area (Å²) < 4.78 is 17.8. The molecule has 0 fully saturated rings. The Bertz CT molecular complexity index is 728. The average molecular weight is 780 g/mol. The molecule has 0 heterocycles. The van der Waals surface area contributed by atoms with Gasteiger partial charge in [0, 0.05) is 19.4 Å². The summed E-state index contributed by atoms with van der Waals surface area (Å²) in [6.07, 6.45) is 40.3. The highest BCUT2D eigenvalue weighted by Crippen LogP contribution is 2.23. The van der Waals surface area contributed by atoms with Crippen LogP contribution < -0.4 is 0 Å². The first-order chi connectivity index (χ1) is 26.9. The molecule has 6 nitrogen and oxygen atoms in total. The average Bonchev–Trinajstić information content (AvgIpc) is 3.16. The van der Waals surface area contributed by atoms with E-state index < -0.39 is 0 Å². The van der Waals surface area contributed by atoms with Crippen molar-refractivity contribution in [2.24, 2.45) is 11.8 Å². The van der Waals surface area contributed by atoms with Gasteiger partial charge in [0.25, 0.3) is 0 Å². The number of carbonyl (C=O) groups is 2. The molecule has 0 bridgehead atoms. The smallest absolute Gasteiger partial charge is 0.306 e. The van der Waals surface area contributed by atoms with Crippen LogP contribution >= 0.6 is 0 Å². The first-order valence-corrected chi connectivity index (χ1v) is 24.4. The Morgan fingerprint density at radius 1 is 0.400 bits per heavy atom. The van der Waals surface area contributed by atoms with Gasteiger partial charge in [0.05, 0.1) is 19.3 Å². The maximum atomic E-state index is 12.5. The van der Waals surface area contributed by atoms with Crippen LogP contribution in [0.15, 0.2) is 0 Å². The SMILES string of the molecule is CCCCCC(CCCCC)CC(=O)OCCCCCCCCC(CCCCCCCCOC(=O)CC(CCCCC)CCCCC)OCCCCN(C)C.